The van der Waals surface area contributed by atoms with Gasteiger partial charge in [0.25, 0.3) is 0 Å². The van der Waals surface area contributed by atoms with Crippen LogP contribution in [0.2, 0.25) is 0 Å². The van der Waals surface area contributed by atoms with E-state index in [0.717, 1.165) is 32.7 Å². The first-order valence-electron chi connectivity index (χ1n) is 6.93. The molecule has 1 saturated heterocycles. The molecule has 0 aromatic heterocycles. The van der Waals surface area contributed by atoms with Gasteiger partial charge in [-0.15, -0.1) is 0 Å². The van der Waals surface area contributed by atoms with Gasteiger partial charge in [0.15, 0.2) is 0 Å². The first-order chi connectivity index (χ1) is 8.77. The first-order valence-corrected chi connectivity index (χ1v) is 6.93. The Bertz CT molecular complexity index is 415. The Morgan fingerprint density at radius 2 is 1.83 bits per heavy atom. The van der Waals surface area contributed by atoms with Gasteiger partial charge >= 0.3 is 0 Å². The Kier molecular flexibility index (Phi) is 3.37. The Morgan fingerprint density at radius 1 is 1.17 bits per heavy atom. The van der Waals surface area contributed by atoms with E-state index in [0.29, 0.717) is 12.0 Å². The zero-order chi connectivity index (χ0) is 12.5. The van der Waals surface area contributed by atoms with Crippen molar-refractivity contribution in [2.75, 3.05) is 26.3 Å². The van der Waals surface area contributed by atoms with Gasteiger partial charge in [-0.2, -0.15) is 0 Å². The molecule has 18 heavy (non-hydrogen) atoms. The van der Waals surface area contributed by atoms with E-state index in [9.17, 15) is 0 Å². The van der Waals surface area contributed by atoms with Gasteiger partial charge < -0.3 is 10.5 Å². The fourth-order valence-corrected chi connectivity index (χ4v) is 3.39. The second-order valence-corrected chi connectivity index (χ2v) is 5.51. The number of benzene rings is 1. The first kappa shape index (κ1) is 12.2. The van der Waals surface area contributed by atoms with E-state index in [1.54, 1.807) is 0 Å². The lowest BCUT2D eigenvalue weighted by Crippen LogP contribution is -2.50. The lowest BCUT2D eigenvalue weighted by Gasteiger charge is -2.43. The zero-order valence-electron chi connectivity index (χ0n) is 11.0. The molecule has 1 aliphatic heterocycles. The quantitative estimate of drug-likeness (QED) is 0.822. The largest absolute Gasteiger partial charge is 0.379 e. The van der Waals surface area contributed by atoms with Crippen molar-refractivity contribution in [2.24, 2.45) is 5.73 Å². The van der Waals surface area contributed by atoms with E-state index in [4.69, 9.17) is 10.5 Å². The second kappa shape index (κ2) is 5.00. The maximum atomic E-state index is 6.50. The molecule has 0 bridgehead atoms. The van der Waals surface area contributed by atoms with E-state index in [2.05, 4.69) is 36.1 Å². The fraction of sp³-hybridized carbons (Fsp3) is 0.600. The molecular weight excluding hydrogens is 224 g/mol. The molecule has 2 N–H and O–H groups in total. The van der Waals surface area contributed by atoms with Crippen LogP contribution in [0.25, 0.3) is 0 Å². The van der Waals surface area contributed by atoms with Gasteiger partial charge in [-0.1, -0.05) is 31.2 Å². The average Bonchev–Trinajstić information content (AvgIpc) is 2.44. The summed E-state index contributed by atoms with van der Waals surface area (Å²) in [6.45, 7) is 6.05. The minimum absolute atomic E-state index is 0.149. The van der Waals surface area contributed by atoms with Crippen molar-refractivity contribution in [3.63, 3.8) is 0 Å². The van der Waals surface area contributed by atoms with Gasteiger partial charge in [-0.3, -0.25) is 4.90 Å². The highest BCUT2D eigenvalue weighted by Crippen LogP contribution is 2.38. The van der Waals surface area contributed by atoms with E-state index < -0.39 is 0 Å². The Labute approximate surface area is 109 Å². The highest BCUT2D eigenvalue weighted by molar-refractivity contribution is 5.36. The highest BCUT2D eigenvalue weighted by Gasteiger charge is 2.34. The third-order valence-corrected chi connectivity index (χ3v) is 4.41. The molecule has 0 spiro atoms. The minimum Gasteiger partial charge on any atom is -0.379 e. The molecule has 3 atom stereocenters. The fourth-order valence-electron chi connectivity index (χ4n) is 3.39. The van der Waals surface area contributed by atoms with Crippen molar-refractivity contribution in [3.8, 4) is 0 Å². The summed E-state index contributed by atoms with van der Waals surface area (Å²) in [5.74, 6) is 0.605. The molecule has 98 valence electrons. The van der Waals surface area contributed by atoms with E-state index in [-0.39, 0.29) is 6.04 Å². The Morgan fingerprint density at radius 3 is 2.56 bits per heavy atom. The van der Waals surface area contributed by atoms with Crippen LogP contribution in [0.5, 0.6) is 0 Å². The van der Waals surface area contributed by atoms with Crippen LogP contribution < -0.4 is 5.73 Å². The van der Waals surface area contributed by atoms with Gasteiger partial charge in [-0.05, 0) is 23.5 Å². The van der Waals surface area contributed by atoms with Crippen molar-refractivity contribution >= 4 is 0 Å². The number of hydrogen-bond acceptors (Lipinski definition) is 3. The molecule has 1 heterocycles. The van der Waals surface area contributed by atoms with Crippen LogP contribution in [0.15, 0.2) is 24.3 Å². The number of nitrogens with zero attached hydrogens (tertiary/aromatic N) is 1. The predicted octanol–water partition coefficient (Wildman–Crippen LogP) is 1.89. The topological polar surface area (TPSA) is 38.5 Å². The van der Waals surface area contributed by atoms with E-state index in [1.165, 1.54) is 11.1 Å². The molecule has 3 unspecified atom stereocenters. The maximum absolute atomic E-state index is 6.50. The number of ether oxygens (including phenoxy) is 1. The second-order valence-electron chi connectivity index (χ2n) is 5.51. The van der Waals surface area contributed by atoms with Crippen LogP contribution in [0.1, 0.15) is 36.4 Å². The molecule has 3 heteroatoms. The van der Waals surface area contributed by atoms with E-state index >= 15 is 0 Å². The number of rotatable bonds is 1. The zero-order valence-corrected chi connectivity index (χ0v) is 11.0. The van der Waals surface area contributed by atoms with Crippen molar-refractivity contribution in [3.05, 3.63) is 35.4 Å². The average molecular weight is 246 g/mol. The molecule has 0 radical (unpaired) electrons. The van der Waals surface area contributed by atoms with E-state index in [1.807, 2.05) is 0 Å². The molecule has 3 rings (SSSR count). The third kappa shape index (κ3) is 2.07. The summed E-state index contributed by atoms with van der Waals surface area (Å²) in [7, 11) is 0. The summed E-state index contributed by atoms with van der Waals surface area (Å²) in [6.07, 6.45) is 1.16. The predicted molar refractivity (Wildman–Crippen MR) is 72.6 cm³/mol. The summed E-state index contributed by atoms with van der Waals surface area (Å²) >= 11 is 0. The summed E-state index contributed by atoms with van der Waals surface area (Å²) in [4.78, 5) is 2.51. The van der Waals surface area contributed by atoms with Crippen LogP contribution in [-0.4, -0.2) is 37.2 Å². The van der Waals surface area contributed by atoms with Crippen LogP contribution in [0, 0.1) is 0 Å². The van der Waals surface area contributed by atoms with Crippen molar-refractivity contribution in [2.45, 2.75) is 31.3 Å². The van der Waals surface area contributed by atoms with Gasteiger partial charge in [-0.25, -0.2) is 0 Å². The van der Waals surface area contributed by atoms with Gasteiger partial charge in [0.05, 0.1) is 13.2 Å². The van der Waals surface area contributed by atoms with Gasteiger partial charge in [0.2, 0.25) is 0 Å². The molecule has 1 aliphatic carbocycles. The Hall–Kier alpha value is -0.900. The lowest BCUT2D eigenvalue weighted by atomic mass is 9.77. The molecule has 2 aliphatic rings. The van der Waals surface area contributed by atoms with Crippen molar-refractivity contribution < 1.29 is 4.74 Å². The standard InChI is InChI=1S/C15H22N2O/c1-11-10-14(17-6-8-18-9-7-17)15(16)13-5-3-2-4-12(11)13/h2-5,11,14-15H,6-10,16H2,1H3. The smallest absolute Gasteiger partial charge is 0.0594 e. The lowest BCUT2D eigenvalue weighted by molar-refractivity contribution is 0.00555. The molecule has 0 saturated carbocycles. The number of nitrogens with two attached hydrogens (primary N) is 1. The minimum atomic E-state index is 0.149. The van der Waals surface area contributed by atoms with Crippen LogP contribution in [0.4, 0.5) is 0 Å². The monoisotopic (exact) mass is 246 g/mol. The SMILES string of the molecule is CC1CC(N2CCOCC2)C(N)c2ccccc21. The number of hydrogen-bond donors (Lipinski definition) is 1. The summed E-state index contributed by atoms with van der Waals surface area (Å²) < 4.78 is 5.44. The molecule has 1 fully saturated rings. The molecule has 3 nitrogen and oxygen atoms in total. The molecule has 1 aromatic carbocycles. The van der Waals surface area contributed by atoms with Crippen molar-refractivity contribution in [1.82, 2.24) is 4.90 Å². The Balaban J connectivity index is 1.86. The molecular formula is C15H22N2O. The van der Waals surface area contributed by atoms with Crippen LogP contribution in [0.3, 0.4) is 0 Å². The van der Waals surface area contributed by atoms with Crippen LogP contribution >= 0.6 is 0 Å². The maximum Gasteiger partial charge on any atom is 0.0594 e. The molecule has 1 aromatic rings. The number of fused-ring (bicyclic) bond motifs is 1. The summed E-state index contributed by atoms with van der Waals surface area (Å²) in [5.41, 5.74) is 9.28. The molecule has 0 amide bonds. The number of morpholine rings is 1. The third-order valence-electron chi connectivity index (χ3n) is 4.41. The van der Waals surface area contributed by atoms with Gasteiger partial charge in [0.1, 0.15) is 0 Å². The highest BCUT2D eigenvalue weighted by atomic mass is 16.5. The normalized spacial score (nSPS) is 33.1. The summed E-state index contributed by atoms with van der Waals surface area (Å²) in [5, 5.41) is 0. The van der Waals surface area contributed by atoms with Crippen LogP contribution in [-0.2, 0) is 4.74 Å². The van der Waals surface area contributed by atoms with Gasteiger partial charge in [0, 0.05) is 25.2 Å². The summed E-state index contributed by atoms with van der Waals surface area (Å²) in [6, 6.07) is 9.28. The van der Waals surface area contributed by atoms with Crippen molar-refractivity contribution in [1.29, 1.82) is 0 Å².